The first-order chi connectivity index (χ1) is 8.99. The molecule has 100 valence electrons. The zero-order valence-electron chi connectivity index (χ0n) is 10.3. The highest BCUT2D eigenvalue weighted by atomic mass is 32.2. The summed E-state index contributed by atoms with van der Waals surface area (Å²) in [6.45, 7) is -0.277. The van der Waals surface area contributed by atoms with Crippen LogP contribution in [0.3, 0.4) is 0 Å². The fraction of sp³-hybridized carbons (Fsp3) is 0.167. The minimum atomic E-state index is -3.70. The summed E-state index contributed by atoms with van der Waals surface area (Å²) in [6, 6.07) is 8.52. The fourth-order valence-electron chi connectivity index (χ4n) is 1.51. The molecule has 1 aromatic carbocycles. The van der Waals surface area contributed by atoms with Gasteiger partial charge in [-0.05, 0) is 0 Å². The van der Waals surface area contributed by atoms with Crippen molar-refractivity contribution < 1.29 is 13.2 Å². The molecule has 0 aliphatic rings. The molecule has 1 N–H and O–H groups in total. The number of carbonyl (C=O) groups excluding carboxylic acids is 1. The van der Waals surface area contributed by atoms with Crippen LogP contribution in [0.15, 0.2) is 47.6 Å². The van der Waals surface area contributed by atoms with Gasteiger partial charge in [0.25, 0.3) is 0 Å². The normalized spacial score (nSPS) is 11.4. The van der Waals surface area contributed by atoms with E-state index in [-0.39, 0.29) is 17.2 Å². The molecule has 1 aromatic heterocycles. The smallest absolute Gasteiger partial charge is 0.244 e. The zero-order chi connectivity index (χ0) is 13.9. The Hall–Kier alpha value is -1.99. The maximum Gasteiger partial charge on any atom is 0.244 e. The first-order valence-corrected chi connectivity index (χ1v) is 7.04. The first kappa shape index (κ1) is 13.4. The second kappa shape index (κ2) is 5.33. The number of hydrogen-bond acceptors (Lipinski definition) is 4. The molecule has 0 saturated carbocycles. The van der Waals surface area contributed by atoms with E-state index in [1.54, 1.807) is 37.4 Å². The number of aryl methyl sites for hydroxylation is 1. The Morgan fingerprint density at radius 3 is 2.58 bits per heavy atom. The summed E-state index contributed by atoms with van der Waals surface area (Å²) in [7, 11) is -2.08. The Morgan fingerprint density at radius 2 is 2.00 bits per heavy atom. The second-order valence-corrected chi connectivity index (χ2v) is 5.73. The number of sulfonamides is 1. The van der Waals surface area contributed by atoms with E-state index in [1.807, 2.05) is 0 Å². The fourth-order valence-corrected chi connectivity index (χ4v) is 2.47. The van der Waals surface area contributed by atoms with Gasteiger partial charge in [-0.2, -0.15) is 5.10 Å². The molecule has 2 aromatic rings. The van der Waals surface area contributed by atoms with Crippen LogP contribution in [0, 0.1) is 0 Å². The molecule has 2 rings (SSSR count). The molecule has 0 aliphatic carbocycles. The Morgan fingerprint density at radius 1 is 1.32 bits per heavy atom. The summed E-state index contributed by atoms with van der Waals surface area (Å²) < 4.78 is 27.4. The van der Waals surface area contributed by atoms with Gasteiger partial charge >= 0.3 is 0 Å². The molecule has 0 saturated heterocycles. The zero-order valence-corrected chi connectivity index (χ0v) is 11.1. The van der Waals surface area contributed by atoms with Crippen LogP contribution in [0.25, 0.3) is 0 Å². The highest BCUT2D eigenvalue weighted by molar-refractivity contribution is 7.89. The summed E-state index contributed by atoms with van der Waals surface area (Å²) in [6.07, 6.45) is 2.60. The lowest BCUT2D eigenvalue weighted by Gasteiger charge is -2.04. The standard InChI is InChI=1S/C12H13N3O3S/c1-15-9-11(7-13-15)19(17,18)14-8-12(16)10-5-3-2-4-6-10/h2-7,9,14H,8H2,1H3. The van der Waals surface area contributed by atoms with Crippen LogP contribution in [0.5, 0.6) is 0 Å². The van der Waals surface area contributed by atoms with E-state index in [4.69, 9.17) is 0 Å². The molecule has 0 radical (unpaired) electrons. The third kappa shape index (κ3) is 3.27. The van der Waals surface area contributed by atoms with Crippen molar-refractivity contribution in [2.24, 2.45) is 7.05 Å². The lowest BCUT2D eigenvalue weighted by atomic mass is 10.1. The highest BCUT2D eigenvalue weighted by Crippen LogP contribution is 2.06. The van der Waals surface area contributed by atoms with Crippen molar-refractivity contribution in [3.05, 3.63) is 48.3 Å². The maximum absolute atomic E-state index is 11.9. The van der Waals surface area contributed by atoms with E-state index >= 15 is 0 Å². The van der Waals surface area contributed by atoms with Crippen molar-refractivity contribution >= 4 is 15.8 Å². The summed E-state index contributed by atoms with van der Waals surface area (Å²) in [5.41, 5.74) is 0.469. The van der Waals surface area contributed by atoms with Gasteiger partial charge in [0.05, 0.1) is 12.7 Å². The molecule has 0 bridgehead atoms. The summed E-state index contributed by atoms with van der Waals surface area (Å²) in [4.78, 5) is 11.8. The maximum atomic E-state index is 11.9. The predicted molar refractivity (Wildman–Crippen MR) is 69.2 cm³/mol. The third-order valence-electron chi connectivity index (χ3n) is 2.51. The monoisotopic (exact) mass is 279 g/mol. The van der Waals surface area contributed by atoms with E-state index in [9.17, 15) is 13.2 Å². The van der Waals surface area contributed by atoms with Crippen LogP contribution in [-0.4, -0.2) is 30.5 Å². The average molecular weight is 279 g/mol. The first-order valence-electron chi connectivity index (χ1n) is 5.55. The van der Waals surface area contributed by atoms with E-state index in [0.29, 0.717) is 5.56 Å². The highest BCUT2D eigenvalue weighted by Gasteiger charge is 2.17. The Balaban J connectivity index is 2.05. The minimum absolute atomic E-state index is 0.0378. The molecule has 0 fully saturated rings. The Labute approximate surface area is 111 Å². The Kier molecular flexibility index (Phi) is 3.77. The van der Waals surface area contributed by atoms with Crippen LogP contribution in [0.1, 0.15) is 10.4 Å². The quantitative estimate of drug-likeness (QED) is 0.812. The summed E-state index contributed by atoms with van der Waals surface area (Å²) in [5, 5.41) is 3.78. The van der Waals surface area contributed by atoms with E-state index in [1.165, 1.54) is 17.1 Å². The number of Topliss-reactive ketones (excluding diaryl/α,β-unsaturated/α-hetero) is 1. The summed E-state index contributed by atoms with van der Waals surface area (Å²) >= 11 is 0. The molecule has 0 aliphatic heterocycles. The van der Waals surface area contributed by atoms with Crippen LogP contribution in [0.4, 0.5) is 0 Å². The summed E-state index contributed by atoms with van der Waals surface area (Å²) in [5.74, 6) is -0.284. The Bertz CT molecular complexity index is 677. The molecule has 0 amide bonds. The van der Waals surface area contributed by atoms with Gasteiger partial charge in [0.15, 0.2) is 5.78 Å². The number of hydrogen-bond donors (Lipinski definition) is 1. The van der Waals surface area contributed by atoms with Crippen molar-refractivity contribution in [2.45, 2.75) is 4.90 Å². The molecule has 0 atom stereocenters. The number of nitrogens with one attached hydrogen (secondary N) is 1. The van der Waals surface area contributed by atoms with E-state index in [2.05, 4.69) is 9.82 Å². The van der Waals surface area contributed by atoms with Crippen molar-refractivity contribution in [3.8, 4) is 0 Å². The molecule has 7 heteroatoms. The lowest BCUT2D eigenvalue weighted by molar-refractivity contribution is 0.0997. The molecular formula is C12H13N3O3S. The number of nitrogens with zero attached hydrogens (tertiary/aromatic N) is 2. The predicted octanol–water partition coefficient (Wildman–Crippen LogP) is 0.581. The van der Waals surface area contributed by atoms with Gasteiger partial charge < -0.3 is 0 Å². The SMILES string of the molecule is Cn1cc(S(=O)(=O)NCC(=O)c2ccccc2)cn1. The number of carbonyl (C=O) groups is 1. The average Bonchev–Trinajstić information content (AvgIpc) is 2.85. The molecule has 19 heavy (non-hydrogen) atoms. The van der Waals surface area contributed by atoms with Crippen LogP contribution >= 0.6 is 0 Å². The van der Waals surface area contributed by atoms with Crippen LogP contribution < -0.4 is 4.72 Å². The number of benzene rings is 1. The topological polar surface area (TPSA) is 81.1 Å². The largest absolute Gasteiger partial charge is 0.293 e. The van der Waals surface area contributed by atoms with E-state index in [0.717, 1.165) is 0 Å². The minimum Gasteiger partial charge on any atom is -0.293 e. The van der Waals surface area contributed by atoms with Crippen molar-refractivity contribution in [3.63, 3.8) is 0 Å². The van der Waals surface area contributed by atoms with Gasteiger partial charge in [0, 0.05) is 18.8 Å². The number of aromatic nitrogens is 2. The van der Waals surface area contributed by atoms with Gasteiger partial charge in [-0.1, -0.05) is 30.3 Å². The number of ketones is 1. The van der Waals surface area contributed by atoms with Gasteiger partial charge in [0.2, 0.25) is 10.0 Å². The van der Waals surface area contributed by atoms with Gasteiger partial charge in [-0.15, -0.1) is 0 Å². The lowest BCUT2D eigenvalue weighted by Crippen LogP contribution is -2.29. The van der Waals surface area contributed by atoms with Crippen molar-refractivity contribution in [1.82, 2.24) is 14.5 Å². The molecule has 0 spiro atoms. The van der Waals surface area contributed by atoms with Crippen molar-refractivity contribution in [2.75, 3.05) is 6.54 Å². The van der Waals surface area contributed by atoms with Gasteiger partial charge in [0.1, 0.15) is 4.90 Å². The van der Waals surface area contributed by atoms with E-state index < -0.39 is 10.0 Å². The van der Waals surface area contributed by atoms with Crippen molar-refractivity contribution in [1.29, 1.82) is 0 Å². The van der Waals surface area contributed by atoms with Crippen LogP contribution in [0.2, 0.25) is 0 Å². The molecular weight excluding hydrogens is 266 g/mol. The molecule has 6 nitrogen and oxygen atoms in total. The third-order valence-corrected chi connectivity index (χ3v) is 3.87. The van der Waals surface area contributed by atoms with Gasteiger partial charge in [-0.25, -0.2) is 13.1 Å². The van der Waals surface area contributed by atoms with Gasteiger partial charge in [-0.3, -0.25) is 9.48 Å². The second-order valence-electron chi connectivity index (χ2n) is 3.96. The molecule has 0 unspecified atom stereocenters. The molecule has 1 heterocycles. The van der Waals surface area contributed by atoms with Crippen LogP contribution in [-0.2, 0) is 17.1 Å². The number of rotatable bonds is 5.